The van der Waals surface area contributed by atoms with Crippen LogP contribution in [0.3, 0.4) is 0 Å². The first-order valence-electron chi connectivity index (χ1n) is 8.33. The van der Waals surface area contributed by atoms with E-state index in [4.69, 9.17) is 4.74 Å². The molecule has 1 N–H and O–H groups in total. The Morgan fingerprint density at radius 2 is 1.87 bits per heavy atom. The number of nitrogens with one attached hydrogen (secondary N) is 1. The molecule has 0 saturated carbocycles. The second-order valence-corrected chi connectivity index (χ2v) is 6.08. The molecule has 1 aliphatic heterocycles. The van der Waals surface area contributed by atoms with E-state index in [1.165, 1.54) is 5.69 Å². The van der Waals surface area contributed by atoms with Gasteiger partial charge in [-0.15, -0.1) is 0 Å². The van der Waals surface area contributed by atoms with Crippen molar-refractivity contribution in [2.75, 3.05) is 25.1 Å². The van der Waals surface area contributed by atoms with Gasteiger partial charge in [-0.05, 0) is 44.0 Å². The van der Waals surface area contributed by atoms with Crippen LogP contribution in [0.5, 0.6) is 5.75 Å². The number of ether oxygens (including phenoxy) is 1. The quantitative estimate of drug-likeness (QED) is 0.918. The average molecular weight is 311 g/mol. The van der Waals surface area contributed by atoms with Crippen molar-refractivity contribution in [3.63, 3.8) is 0 Å². The Kier molecular flexibility index (Phi) is 5.13. The van der Waals surface area contributed by atoms with E-state index in [-0.39, 0.29) is 0 Å². The normalized spacial score (nSPS) is 17.0. The van der Waals surface area contributed by atoms with Gasteiger partial charge in [0.2, 0.25) is 0 Å². The van der Waals surface area contributed by atoms with E-state index in [0.717, 1.165) is 37.4 Å². The van der Waals surface area contributed by atoms with Crippen LogP contribution in [0.1, 0.15) is 31.5 Å². The van der Waals surface area contributed by atoms with Crippen molar-refractivity contribution in [3.05, 3.63) is 54.4 Å². The zero-order valence-electron chi connectivity index (χ0n) is 13.9. The van der Waals surface area contributed by atoms with Gasteiger partial charge in [-0.3, -0.25) is 4.98 Å². The smallest absolute Gasteiger partial charge is 0.142 e. The van der Waals surface area contributed by atoms with Gasteiger partial charge in [0.05, 0.1) is 18.5 Å². The number of anilines is 1. The molecule has 23 heavy (non-hydrogen) atoms. The number of benzene rings is 1. The minimum Gasteiger partial charge on any atom is -0.495 e. The van der Waals surface area contributed by atoms with Gasteiger partial charge in [-0.2, -0.15) is 0 Å². The minimum absolute atomic E-state index is 0.291. The minimum atomic E-state index is 0.291. The monoisotopic (exact) mass is 311 g/mol. The summed E-state index contributed by atoms with van der Waals surface area (Å²) < 4.78 is 5.48. The number of aromatic nitrogens is 1. The zero-order chi connectivity index (χ0) is 16.1. The van der Waals surface area contributed by atoms with Crippen LogP contribution in [0.4, 0.5) is 5.69 Å². The van der Waals surface area contributed by atoms with Crippen LogP contribution < -0.4 is 15.0 Å². The van der Waals surface area contributed by atoms with Crippen molar-refractivity contribution in [1.82, 2.24) is 10.3 Å². The Morgan fingerprint density at radius 1 is 1.13 bits per heavy atom. The van der Waals surface area contributed by atoms with Gasteiger partial charge >= 0.3 is 0 Å². The van der Waals surface area contributed by atoms with E-state index in [1.807, 2.05) is 30.5 Å². The highest BCUT2D eigenvalue weighted by Crippen LogP contribution is 2.30. The third-order valence-corrected chi connectivity index (χ3v) is 4.54. The Labute approximate surface area is 138 Å². The summed E-state index contributed by atoms with van der Waals surface area (Å²) in [6, 6.07) is 15.2. The summed E-state index contributed by atoms with van der Waals surface area (Å²) in [4.78, 5) is 6.86. The molecule has 2 heterocycles. The second kappa shape index (κ2) is 7.47. The van der Waals surface area contributed by atoms with Crippen LogP contribution in [-0.2, 0) is 0 Å². The highest BCUT2D eigenvalue weighted by molar-refractivity contribution is 5.58. The maximum absolute atomic E-state index is 5.48. The molecule has 0 unspecified atom stereocenters. The largest absolute Gasteiger partial charge is 0.495 e. The first-order valence-corrected chi connectivity index (χ1v) is 8.33. The third kappa shape index (κ3) is 3.82. The van der Waals surface area contributed by atoms with Crippen molar-refractivity contribution in [3.8, 4) is 5.75 Å². The lowest BCUT2D eigenvalue weighted by molar-refractivity contribution is 0.372. The summed E-state index contributed by atoms with van der Waals surface area (Å²) in [5.41, 5.74) is 2.31. The standard InChI is InChI=1S/C19H25N3O/c1-15(17-7-5-6-12-20-17)21-16-10-13-22(14-11-16)18-8-3-4-9-19(18)23-2/h3-9,12,15-16,21H,10-11,13-14H2,1-2H3/t15-/m1/s1. The topological polar surface area (TPSA) is 37.4 Å². The molecule has 0 aliphatic carbocycles. The number of pyridine rings is 1. The fourth-order valence-corrected chi connectivity index (χ4v) is 3.25. The Balaban J connectivity index is 1.56. The molecule has 2 aromatic rings. The first-order chi connectivity index (χ1) is 11.3. The highest BCUT2D eigenvalue weighted by Gasteiger charge is 2.22. The van der Waals surface area contributed by atoms with Gasteiger partial charge in [-0.1, -0.05) is 18.2 Å². The van der Waals surface area contributed by atoms with Gasteiger partial charge in [0.25, 0.3) is 0 Å². The number of rotatable bonds is 5. The van der Waals surface area contributed by atoms with E-state index in [2.05, 4.69) is 40.3 Å². The van der Waals surface area contributed by atoms with Crippen LogP contribution in [0.25, 0.3) is 0 Å². The van der Waals surface area contributed by atoms with Crippen molar-refractivity contribution < 1.29 is 4.74 Å². The summed E-state index contributed by atoms with van der Waals surface area (Å²) >= 11 is 0. The lowest BCUT2D eigenvalue weighted by Gasteiger charge is -2.35. The molecule has 1 aromatic carbocycles. The SMILES string of the molecule is COc1ccccc1N1CCC(N[C@H](C)c2ccccn2)CC1. The van der Waals surface area contributed by atoms with Crippen molar-refractivity contribution in [1.29, 1.82) is 0 Å². The Hall–Kier alpha value is -2.07. The molecule has 1 saturated heterocycles. The summed E-state index contributed by atoms with van der Waals surface area (Å²) in [6.07, 6.45) is 4.13. The summed E-state index contributed by atoms with van der Waals surface area (Å²) in [5, 5.41) is 3.72. The summed E-state index contributed by atoms with van der Waals surface area (Å²) in [7, 11) is 1.74. The molecule has 122 valence electrons. The van der Waals surface area contributed by atoms with Gasteiger partial charge in [-0.25, -0.2) is 0 Å². The number of para-hydroxylation sites is 2. The fraction of sp³-hybridized carbons (Fsp3) is 0.421. The predicted molar refractivity (Wildman–Crippen MR) is 94.0 cm³/mol. The average Bonchev–Trinajstić information content (AvgIpc) is 2.63. The molecule has 1 aliphatic rings. The molecule has 1 aromatic heterocycles. The van der Waals surface area contributed by atoms with Gasteiger partial charge < -0.3 is 15.0 Å². The van der Waals surface area contributed by atoms with Crippen LogP contribution in [-0.4, -0.2) is 31.2 Å². The molecular weight excluding hydrogens is 286 g/mol. The number of nitrogens with zero attached hydrogens (tertiary/aromatic N) is 2. The van der Waals surface area contributed by atoms with E-state index in [1.54, 1.807) is 7.11 Å². The van der Waals surface area contributed by atoms with Gasteiger partial charge in [0.1, 0.15) is 5.75 Å². The van der Waals surface area contributed by atoms with Gasteiger partial charge in [0, 0.05) is 31.4 Å². The van der Waals surface area contributed by atoms with Crippen molar-refractivity contribution >= 4 is 5.69 Å². The Bertz CT molecular complexity index is 609. The molecule has 4 nitrogen and oxygen atoms in total. The van der Waals surface area contributed by atoms with Crippen LogP contribution in [0.15, 0.2) is 48.7 Å². The van der Waals surface area contributed by atoms with Crippen molar-refractivity contribution in [2.24, 2.45) is 0 Å². The predicted octanol–water partition coefficient (Wildman–Crippen LogP) is 3.41. The van der Waals surface area contributed by atoms with Crippen LogP contribution in [0.2, 0.25) is 0 Å². The van der Waals surface area contributed by atoms with Crippen LogP contribution in [0, 0.1) is 0 Å². The molecule has 0 radical (unpaired) electrons. The fourth-order valence-electron chi connectivity index (χ4n) is 3.25. The number of piperidine rings is 1. The zero-order valence-corrected chi connectivity index (χ0v) is 13.9. The summed E-state index contributed by atoms with van der Waals surface area (Å²) in [5.74, 6) is 0.959. The molecular formula is C19H25N3O. The van der Waals surface area contributed by atoms with E-state index >= 15 is 0 Å². The number of methoxy groups -OCH3 is 1. The first kappa shape index (κ1) is 15.8. The lowest BCUT2D eigenvalue weighted by atomic mass is 10.0. The molecule has 3 rings (SSSR count). The van der Waals surface area contributed by atoms with E-state index < -0.39 is 0 Å². The highest BCUT2D eigenvalue weighted by atomic mass is 16.5. The van der Waals surface area contributed by atoms with Gasteiger partial charge in [0.15, 0.2) is 0 Å². The second-order valence-electron chi connectivity index (χ2n) is 6.08. The number of hydrogen-bond donors (Lipinski definition) is 1. The van der Waals surface area contributed by atoms with Crippen LogP contribution >= 0.6 is 0 Å². The van der Waals surface area contributed by atoms with E-state index in [9.17, 15) is 0 Å². The molecule has 0 bridgehead atoms. The maximum atomic E-state index is 5.48. The lowest BCUT2D eigenvalue weighted by Crippen LogP contribution is -2.43. The third-order valence-electron chi connectivity index (χ3n) is 4.54. The number of hydrogen-bond acceptors (Lipinski definition) is 4. The molecule has 4 heteroatoms. The molecule has 1 atom stereocenters. The molecule has 1 fully saturated rings. The van der Waals surface area contributed by atoms with E-state index in [0.29, 0.717) is 12.1 Å². The Morgan fingerprint density at radius 3 is 2.57 bits per heavy atom. The summed E-state index contributed by atoms with van der Waals surface area (Å²) in [6.45, 7) is 4.29. The maximum Gasteiger partial charge on any atom is 0.142 e. The molecule has 0 spiro atoms. The van der Waals surface area contributed by atoms with Crippen molar-refractivity contribution in [2.45, 2.75) is 31.8 Å². The molecule has 0 amide bonds.